The first-order valence-electron chi connectivity index (χ1n) is 9.76. The van der Waals surface area contributed by atoms with E-state index in [1.54, 1.807) is 25.2 Å². The Morgan fingerprint density at radius 3 is 1.80 bits per heavy atom. The lowest BCUT2D eigenvalue weighted by Crippen LogP contribution is -2.30. The Morgan fingerprint density at radius 1 is 0.833 bits per heavy atom. The van der Waals surface area contributed by atoms with E-state index in [1.165, 1.54) is 15.5 Å². The first-order valence-corrected chi connectivity index (χ1v) is 11.3. The van der Waals surface area contributed by atoms with Crippen LogP contribution in [0.3, 0.4) is 0 Å². The van der Waals surface area contributed by atoms with Gasteiger partial charge in [0.2, 0.25) is 0 Å². The minimum Gasteiger partial charge on any atom is -0.449 e. The van der Waals surface area contributed by atoms with Crippen LogP contribution in [0.15, 0.2) is 78.9 Å². The number of aliphatic hydroxyl groups excluding tert-OH is 2. The lowest BCUT2D eigenvalue weighted by atomic mass is 10.1. The van der Waals surface area contributed by atoms with Crippen molar-refractivity contribution in [2.45, 2.75) is 13.2 Å². The second-order valence-corrected chi connectivity index (χ2v) is 9.07. The van der Waals surface area contributed by atoms with Crippen LogP contribution in [-0.2, 0) is 18.0 Å². The Kier molecular flexibility index (Phi) is 7.97. The zero-order valence-electron chi connectivity index (χ0n) is 16.9. The van der Waals surface area contributed by atoms with Crippen molar-refractivity contribution in [2.75, 3.05) is 24.7 Å². The van der Waals surface area contributed by atoms with Crippen molar-refractivity contribution < 1.29 is 19.7 Å². The molecule has 0 unspecified atom stereocenters. The van der Waals surface area contributed by atoms with Crippen LogP contribution in [0.1, 0.15) is 11.1 Å². The summed E-state index contributed by atoms with van der Waals surface area (Å²) in [6, 6.07) is 25.7. The molecule has 6 heteroatoms. The van der Waals surface area contributed by atoms with Crippen molar-refractivity contribution in [1.29, 1.82) is 0 Å². The number of hydrogen-bond donors (Lipinski definition) is 2. The molecule has 5 nitrogen and oxygen atoms in total. The molecule has 2 N–H and O–H groups in total. The summed E-state index contributed by atoms with van der Waals surface area (Å²) in [7, 11) is 0.941. The number of carbonyl (C=O) groups is 1. The number of hydrogen-bond acceptors (Lipinski definition) is 4. The number of anilines is 1. The molecule has 0 heterocycles. The maximum Gasteiger partial charge on any atom is 0.414 e. The largest absolute Gasteiger partial charge is 0.449 e. The van der Waals surface area contributed by atoms with Gasteiger partial charge in [0.25, 0.3) is 0 Å². The van der Waals surface area contributed by atoms with Gasteiger partial charge in [0.1, 0.15) is 0 Å². The molecule has 0 aliphatic rings. The molecule has 0 aromatic heterocycles. The van der Waals surface area contributed by atoms with Crippen molar-refractivity contribution in [3.05, 3.63) is 90.0 Å². The molecule has 3 aromatic rings. The molecular weight excluding hydrogens is 397 g/mol. The molecule has 3 rings (SSSR count). The van der Waals surface area contributed by atoms with Crippen LogP contribution < -0.4 is 15.5 Å². The minimum absolute atomic E-state index is 0.228. The summed E-state index contributed by atoms with van der Waals surface area (Å²) in [4.78, 5) is 14.0. The van der Waals surface area contributed by atoms with Crippen LogP contribution in [0.5, 0.6) is 0 Å². The van der Waals surface area contributed by atoms with Crippen molar-refractivity contribution in [2.24, 2.45) is 0 Å². The van der Waals surface area contributed by atoms with Crippen LogP contribution in [0.25, 0.3) is 0 Å². The fourth-order valence-corrected chi connectivity index (χ4v) is 5.52. The third-order valence-corrected chi connectivity index (χ3v) is 7.30. The molecule has 0 spiro atoms. The Hall–Kier alpha value is -2.72. The predicted octanol–water partition coefficient (Wildman–Crippen LogP) is 3.38. The highest BCUT2D eigenvalue weighted by atomic mass is 31.1. The van der Waals surface area contributed by atoms with Gasteiger partial charge < -0.3 is 14.9 Å². The molecule has 0 radical (unpaired) electrons. The molecule has 0 saturated heterocycles. The number of nitrogens with zero attached hydrogens (tertiary/aromatic N) is 1. The van der Waals surface area contributed by atoms with Crippen LogP contribution in [0.2, 0.25) is 0 Å². The fourth-order valence-electron chi connectivity index (χ4n) is 3.37. The van der Waals surface area contributed by atoms with Gasteiger partial charge in [-0.05, 0) is 18.5 Å². The molecule has 0 saturated carbocycles. The molecule has 0 atom stereocenters. The second kappa shape index (κ2) is 10.9. The Labute approximate surface area is 178 Å². The lowest BCUT2D eigenvalue weighted by Gasteiger charge is -2.23. The first kappa shape index (κ1) is 22.0. The normalized spacial score (nSPS) is 10.8. The van der Waals surface area contributed by atoms with E-state index >= 15 is 0 Å². The smallest absolute Gasteiger partial charge is 0.414 e. The summed E-state index contributed by atoms with van der Waals surface area (Å²) < 4.78 is 5.57. The van der Waals surface area contributed by atoms with Crippen LogP contribution >= 0.6 is 7.92 Å². The van der Waals surface area contributed by atoms with Gasteiger partial charge in [0, 0.05) is 24.3 Å². The summed E-state index contributed by atoms with van der Waals surface area (Å²) in [5.41, 5.74) is 1.62. The highest BCUT2D eigenvalue weighted by Gasteiger charge is 2.20. The van der Waals surface area contributed by atoms with Gasteiger partial charge in [0.05, 0.1) is 25.5 Å². The SMILES string of the molecule is CN(C(=O)OCCP(c1ccccc1)c1ccccc1)c1c(CO)cccc1CO. The number of benzene rings is 3. The topological polar surface area (TPSA) is 70.0 Å². The van der Waals surface area contributed by atoms with Crippen molar-refractivity contribution in [3.63, 3.8) is 0 Å². The lowest BCUT2D eigenvalue weighted by molar-refractivity contribution is 0.162. The van der Waals surface area contributed by atoms with E-state index in [4.69, 9.17) is 4.74 Å². The van der Waals surface area contributed by atoms with Gasteiger partial charge in [-0.3, -0.25) is 4.90 Å². The van der Waals surface area contributed by atoms with E-state index in [9.17, 15) is 15.0 Å². The van der Waals surface area contributed by atoms with E-state index in [0.29, 0.717) is 23.0 Å². The minimum atomic E-state index is -0.649. The van der Waals surface area contributed by atoms with Gasteiger partial charge >= 0.3 is 6.09 Å². The Bertz CT molecular complexity index is 888. The molecule has 3 aromatic carbocycles. The van der Waals surface area contributed by atoms with Crippen molar-refractivity contribution in [1.82, 2.24) is 0 Å². The van der Waals surface area contributed by atoms with Gasteiger partial charge in [-0.25, -0.2) is 4.79 Å². The van der Waals surface area contributed by atoms with E-state index in [1.807, 2.05) is 36.4 Å². The molecule has 30 heavy (non-hydrogen) atoms. The molecule has 0 aliphatic heterocycles. The molecule has 156 valence electrons. The molecule has 0 fully saturated rings. The predicted molar refractivity (Wildman–Crippen MR) is 122 cm³/mol. The summed E-state index contributed by atoms with van der Waals surface area (Å²) in [6.45, 7) is -0.184. The molecular formula is C24H26NO4P. The third-order valence-electron chi connectivity index (χ3n) is 4.83. The summed E-state index contributed by atoms with van der Waals surface area (Å²) >= 11 is 0. The van der Waals surface area contributed by atoms with E-state index in [0.717, 1.165) is 0 Å². The summed E-state index contributed by atoms with van der Waals surface area (Å²) in [5.74, 6) is 0. The number of aliphatic hydroxyl groups is 2. The average molecular weight is 423 g/mol. The monoisotopic (exact) mass is 423 g/mol. The summed E-state index contributed by atoms with van der Waals surface area (Å²) in [5, 5.41) is 21.7. The maximum atomic E-state index is 12.7. The third kappa shape index (κ3) is 5.25. The first-order chi connectivity index (χ1) is 14.7. The zero-order chi connectivity index (χ0) is 21.3. The maximum absolute atomic E-state index is 12.7. The quantitative estimate of drug-likeness (QED) is 0.545. The summed E-state index contributed by atoms with van der Waals surface area (Å²) in [6.07, 6.45) is 0.193. The molecule has 0 aliphatic carbocycles. The number of rotatable bonds is 8. The Balaban J connectivity index is 1.71. The van der Waals surface area contributed by atoms with Gasteiger partial charge in [-0.1, -0.05) is 78.9 Å². The van der Waals surface area contributed by atoms with E-state index in [2.05, 4.69) is 24.3 Å². The highest BCUT2D eigenvalue weighted by molar-refractivity contribution is 7.73. The zero-order valence-corrected chi connectivity index (χ0v) is 17.8. The molecule has 1 amide bonds. The number of para-hydroxylation sites is 1. The van der Waals surface area contributed by atoms with Crippen LogP contribution in [-0.4, -0.2) is 36.1 Å². The van der Waals surface area contributed by atoms with E-state index < -0.39 is 14.0 Å². The Morgan fingerprint density at radius 2 is 1.33 bits per heavy atom. The average Bonchev–Trinajstić information content (AvgIpc) is 2.81. The fraction of sp³-hybridized carbons (Fsp3) is 0.208. The number of amides is 1. The number of carbonyl (C=O) groups excluding carboxylic acids is 1. The van der Waals surface area contributed by atoms with Gasteiger partial charge in [-0.2, -0.15) is 0 Å². The standard InChI is InChI=1S/C24H26NO4P/c1-25(23-19(17-26)9-8-10-20(23)18-27)24(28)29-15-16-30(21-11-4-2-5-12-21)22-13-6-3-7-14-22/h2-14,26-27H,15-18H2,1H3. The molecule has 0 bridgehead atoms. The van der Waals surface area contributed by atoms with Crippen LogP contribution in [0, 0.1) is 0 Å². The van der Waals surface area contributed by atoms with Gasteiger partial charge in [0.15, 0.2) is 0 Å². The van der Waals surface area contributed by atoms with Crippen molar-refractivity contribution in [3.8, 4) is 0 Å². The van der Waals surface area contributed by atoms with Crippen molar-refractivity contribution >= 4 is 30.3 Å². The second-order valence-electron chi connectivity index (χ2n) is 6.74. The van der Waals surface area contributed by atoms with E-state index in [-0.39, 0.29) is 19.8 Å². The number of ether oxygens (including phenoxy) is 1. The van der Waals surface area contributed by atoms with Gasteiger partial charge in [-0.15, -0.1) is 0 Å². The van der Waals surface area contributed by atoms with Crippen LogP contribution in [0.4, 0.5) is 10.5 Å². The highest BCUT2D eigenvalue weighted by Crippen LogP contribution is 2.33.